The highest BCUT2D eigenvalue weighted by Crippen LogP contribution is 2.37. The normalized spacial score (nSPS) is 15.2. The molecule has 0 heterocycles. The number of hydrogen-bond donors (Lipinski definition) is 3. The smallest absolute Gasteiger partial charge is 0.416 e. The Hall–Kier alpha value is -3.51. The van der Waals surface area contributed by atoms with Crippen LogP contribution in [0.2, 0.25) is 5.02 Å². The number of nitrogens with one attached hydrogen (secondary N) is 2. The van der Waals surface area contributed by atoms with E-state index in [1.807, 2.05) is 6.07 Å². The number of nitrogens with zero attached hydrogens (tertiary/aromatic N) is 1. The summed E-state index contributed by atoms with van der Waals surface area (Å²) in [5, 5.41) is 23.6. The summed E-state index contributed by atoms with van der Waals surface area (Å²) >= 11 is 6.27. The topological polar surface area (TPSA) is 102 Å². The number of carbonyl (C=O) groups is 2. The molecule has 32 heavy (non-hydrogen) atoms. The minimum Gasteiger partial charge on any atom is -0.465 e. The molecule has 0 spiro atoms. The molecule has 2 aromatic carbocycles. The van der Waals surface area contributed by atoms with Crippen molar-refractivity contribution in [3.8, 4) is 6.07 Å². The zero-order valence-electron chi connectivity index (χ0n) is 16.5. The van der Waals surface area contributed by atoms with Gasteiger partial charge in [0.15, 0.2) is 5.78 Å². The highest BCUT2D eigenvalue weighted by atomic mass is 35.5. The van der Waals surface area contributed by atoms with Gasteiger partial charge in [-0.15, -0.1) is 0 Å². The lowest BCUT2D eigenvalue weighted by Crippen LogP contribution is -2.33. The van der Waals surface area contributed by atoms with Gasteiger partial charge in [0.1, 0.15) is 0 Å². The van der Waals surface area contributed by atoms with Gasteiger partial charge in [-0.1, -0.05) is 23.7 Å². The Morgan fingerprint density at radius 1 is 1.19 bits per heavy atom. The minimum absolute atomic E-state index is 0.0719. The van der Waals surface area contributed by atoms with Crippen molar-refractivity contribution >= 4 is 29.2 Å². The van der Waals surface area contributed by atoms with Gasteiger partial charge < -0.3 is 15.7 Å². The van der Waals surface area contributed by atoms with E-state index in [0.29, 0.717) is 18.5 Å². The number of amides is 1. The van der Waals surface area contributed by atoms with Crippen molar-refractivity contribution in [1.82, 2.24) is 5.32 Å². The van der Waals surface area contributed by atoms with Gasteiger partial charge in [0.05, 0.1) is 23.2 Å². The van der Waals surface area contributed by atoms with Crippen LogP contribution in [0.25, 0.3) is 0 Å². The molecule has 6 nitrogen and oxygen atoms in total. The summed E-state index contributed by atoms with van der Waals surface area (Å²) in [5.41, 5.74) is 0.132. The van der Waals surface area contributed by atoms with Crippen molar-refractivity contribution in [1.29, 1.82) is 5.26 Å². The molecule has 0 radical (unpaired) electrons. The van der Waals surface area contributed by atoms with E-state index in [0.717, 1.165) is 12.1 Å². The van der Waals surface area contributed by atoms with Crippen LogP contribution >= 0.6 is 11.6 Å². The number of carboxylic acid groups (broad SMARTS) is 1. The Morgan fingerprint density at radius 3 is 2.56 bits per heavy atom. The fraction of sp³-hybridized carbons (Fsp3) is 0.227. The summed E-state index contributed by atoms with van der Waals surface area (Å²) in [5.74, 6) is -0.357. The molecule has 1 aliphatic rings. The predicted octanol–water partition coefficient (Wildman–Crippen LogP) is 5.66. The zero-order valence-corrected chi connectivity index (χ0v) is 17.2. The lowest BCUT2D eigenvalue weighted by Gasteiger charge is -2.28. The fourth-order valence-corrected chi connectivity index (χ4v) is 3.83. The highest BCUT2D eigenvalue weighted by molar-refractivity contribution is 6.31. The highest BCUT2D eigenvalue weighted by Gasteiger charge is 2.33. The van der Waals surface area contributed by atoms with Crippen molar-refractivity contribution in [2.45, 2.75) is 31.5 Å². The molecule has 0 aromatic heterocycles. The van der Waals surface area contributed by atoms with Crippen molar-refractivity contribution in [3.05, 3.63) is 75.4 Å². The third-order valence-electron chi connectivity index (χ3n) is 4.94. The van der Waals surface area contributed by atoms with Crippen LogP contribution in [0.15, 0.2) is 53.7 Å². The van der Waals surface area contributed by atoms with E-state index >= 15 is 0 Å². The van der Waals surface area contributed by atoms with E-state index in [2.05, 4.69) is 10.6 Å². The van der Waals surface area contributed by atoms with E-state index in [1.54, 1.807) is 0 Å². The zero-order chi connectivity index (χ0) is 23.5. The Balaban J connectivity index is 2.10. The first-order valence-corrected chi connectivity index (χ1v) is 9.87. The number of benzene rings is 2. The molecule has 0 fully saturated rings. The van der Waals surface area contributed by atoms with Gasteiger partial charge in [-0.3, -0.25) is 4.79 Å². The Morgan fingerprint density at radius 2 is 1.94 bits per heavy atom. The monoisotopic (exact) mass is 463 g/mol. The van der Waals surface area contributed by atoms with E-state index in [9.17, 15) is 27.9 Å². The molecule has 0 saturated carbocycles. The molecule has 1 unspecified atom stereocenters. The lowest BCUT2D eigenvalue weighted by atomic mass is 9.86. The van der Waals surface area contributed by atoms with E-state index < -0.39 is 23.9 Å². The van der Waals surface area contributed by atoms with E-state index in [-0.39, 0.29) is 39.6 Å². The standard InChI is InChI=1S/C22H17ClF3N3O3/c23-16-9-12(11-27)7-8-15(16)20(29-21(31)32)19-17(5-2-6-18(19)30)28-14-4-1-3-13(10-14)22(24,25)26/h1,3-4,7-10,20,28-29H,2,5-6H2,(H,31,32). The van der Waals surface area contributed by atoms with Gasteiger partial charge in [-0.2, -0.15) is 18.4 Å². The van der Waals surface area contributed by atoms with Crippen molar-refractivity contribution in [3.63, 3.8) is 0 Å². The third kappa shape index (κ3) is 5.21. The molecule has 2 aromatic rings. The summed E-state index contributed by atoms with van der Waals surface area (Å²) < 4.78 is 39.2. The fourth-order valence-electron chi connectivity index (χ4n) is 3.54. The first-order chi connectivity index (χ1) is 15.1. The van der Waals surface area contributed by atoms with Crippen LogP contribution < -0.4 is 10.6 Å². The summed E-state index contributed by atoms with van der Waals surface area (Å²) in [7, 11) is 0. The Labute approximate surface area is 186 Å². The summed E-state index contributed by atoms with van der Waals surface area (Å²) in [6.45, 7) is 0. The predicted molar refractivity (Wildman–Crippen MR) is 111 cm³/mol. The number of Topliss-reactive ketones (excluding diaryl/α,β-unsaturated/α-hetero) is 1. The van der Waals surface area contributed by atoms with Gasteiger partial charge >= 0.3 is 12.3 Å². The van der Waals surface area contributed by atoms with Gasteiger partial charge in [0.2, 0.25) is 0 Å². The summed E-state index contributed by atoms with van der Waals surface area (Å²) in [4.78, 5) is 24.3. The molecule has 166 valence electrons. The van der Waals surface area contributed by atoms with Crippen molar-refractivity contribution < 1.29 is 27.9 Å². The van der Waals surface area contributed by atoms with Crippen LogP contribution in [0.3, 0.4) is 0 Å². The van der Waals surface area contributed by atoms with Crippen LogP contribution in [0.1, 0.15) is 42.0 Å². The van der Waals surface area contributed by atoms with Crippen LogP contribution in [0.5, 0.6) is 0 Å². The molecule has 3 N–H and O–H groups in total. The molecule has 1 aliphatic carbocycles. The molecule has 1 amide bonds. The molecular weight excluding hydrogens is 447 g/mol. The maximum Gasteiger partial charge on any atom is 0.416 e. The quantitative estimate of drug-likeness (QED) is 0.531. The average Bonchev–Trinajstić information content (AvgIpc) is 2.72. The maximum atomic E-state index is 13.1. The number of allylic oxidation sites excluding steroid dienone is 1. The number of nitriles is 1. The second-order valence-corrected chi connectivity index (χ2v) is 7.51. The van der Waals surface area contributed by atoms with E-state index in [1.165, 1.54) is 30.3 Å². The number of anilines is 1. The van der Waals surface area contributed by atoms with Crippen LogP contribution in [-0.2, 0) is 11.0 Å². The van der Waals surface area contributed by atoms with Gasteiger partial charge in [0, 0.05) is 28.4 Å². The molecule has 0 aliphatic heterocycles. The molecular formula is C22H17ClF3N3O3. The number of rotatable bonds is 5. The number of ketones is 1. The molecule has 1 atom stereocenters. The second kappa shape index (κ2) is 9.32. The summed E-state index contributed by atoms with van der Waals surface area (Å²) in [6.07, 6.45) is -5.04. The van der Waals surface area contributed by atoms with Crippen LogP contribution in [0, 0.1) is 11.3 Å². The van der Waals surface area contributed by atoms with E-state index in [4.69, 9.17) is 16.9 Å². The SMILES string of the molecule is N#Cc1ccc(C(NC(=O)O)C2=C(Nc3cccc(C(F)(F)F)c3)CCCC2=O)c(Cl)c1. The molecule has 0 saturated heterocycles. The summed E-state index contributed by atoms with van der Waals surface area (Å²) in [6, 6.07) is 9.48. The van der Waals surface area contributed by atoms with Crippen molar-refractivity contribution in [2.24, 2.45) is 0 Å². The van der Waals surface area contributed by atoms with Gasteiger partial charge in [0.25, 0.3) is 0 Å². The van der Waals surface area contributed by atoms with Crippen molar-refractivity contribution in [2.75, 3.05) is 5.32 Å². The maximum absolute atomic E-state index is 13.1. The number of hydrogen-bond acceptors (Lipinski definition) is 4. The third-order valence-corrected chi connectivity index (χ3v) is 5.27. The minimum atomic E-state index is -4.54. The Bertz CT molecular complexity index is 1140. The largest absolute Gasteiger partial charge is 0.465 e. The number of alkyl halides is 3. The lowest BCUT2D eigenvalue weighted by molar-refractivity contribution is -0.137. The van der Waals surface area contributed by atoms with Gasteiger partial charge in [-0.05, 0) is 48.7 Å². The average molecular weight is 464 g/mol. The second-order valence-electron chi connectivity index (χ2n) is 7.10. The molecule has 3 rings (SSSR count). The number of halogens is 4. The number of carbonyl (C=O) groups excluding carboxylic acids is 1. The van der Waals surface area contributed by atoms with Gasteiger partial charge in [-0.25, -0.2) is 4.79 Å². The molecule has 10 heteroatoms. The van der Waals surface area contributed by atoms with Crippen LogP contribution in [0.4, 0.5) is 23.7 Å². The Kier molecular flexibility index (Phi) is 6.75. The molecule has 0 bridgehead atoms. The van der Waals surface area contributed by atoms with Crippen LogP contribution in [-0.4, -0.2) is 17.0 Å². The first kappa shape index (κ1) is 23.2. The first-order valence-electron chi connectivity index (χ1n) is 9.49.